The summed E-state index contributed by atoms with van der Waals surface area (Å²) in [5, 5.41) is 0. The van der Waals surface area contributed by atoms with Gasteiger partial charge in [0.15, 0.2) is 0 Å². The number of nitrogens with zero attached hydrogens (tertiary/aromatic N) is 2. The summed E-state index contributed by atoms with van der Waals surface area (Å²) < 4.78 is 1.96. The second-order valence-corrected chi connectivity index (χ2v) is 4.61. The number of imidazole rings is 1. The van der Waals surface area contributed by atoms with Crippen molar-refractivity contribution in [2.45, 2.75) is 13.3 Å². The first-order valence-corrected chi connectivity index (χ1v) is 6.33. The number of hydrogen-bond donors (Lipinski definition) is 1. The van der Waals surface area contributed by atoms with Crippen LogP contribution in [0.2, 0.25) is 0 Å². The number of anilines is 1. The zero-order valence-electron chi connectivity index (χ0n) is 9.03. The summed E-state index contributed by atoms with van der Waals surface area (Å²) in [5.41, 5.74) is 9.19. The van der Waals surface area contributed by atoms with E-state index in [0.29, 0.717) is 0 Å². The molecule has 0 saturated heterocycles. The van der Waals surface area contributed by atoms with Crippen molar-refractivity contribution in [1.29, 1.82) is 0 Å². The third kappa shape index (κ3) is 1.95. The number of hydrogen-bond acceptors (Lipinski definition) is 3. The summed E-state index contributed by atoms with van der Waals surface area (Å²) in [6, 6.07) is 4.06. The molecule has 0 unspecified atom stereocenters. The van der Waals surface area contributed by atoms with Gasteiger partial charge < -0.3 is 5.73 Å². The Morgan fingerprint density at radius 3 is 3.00 bits per heavy atom. The Bertz CT molecular complexity index is 476. The van der Waals surface area contributed by atoms with Crippen LogP contribution in [0.15, 0.2) is 18.3 Å². The van der Waals surface area contributed by atoms with Gasteiger partial charge in [-0.1, -0.05) is 6.07 Å². The number of nitrogens with two attached hydrogens (primary N) is 1. The summed E-state index contributed by atoms with van der Waals surface area (Å²) in [6.07, 6.45) is 5.06. The molecule has 0 saturated carbocycles. The number of thioether (sulfide) groups is 1. The molecule has 0 radical (unpaired) electrons. The van der Waals surface area contributed by atoms with Gasteiger partial charge in [0.2, 0.25) is 0 Å². The highest BCUT2D eigenvalue weighted by molar-refractivity contribution is 7.98. The summed E-state index contributed by atoms with van der Waals surface area (Å²) in [4.78, 5) is 4.52. The summed E-state index contributed by atoms with van der Waals surface area (Å²) in [5.74, 6) is 1.84. The third-order valence-electron chi connectivity index (χ3n) is 2.42. The SMILES string of the molecule is CSCCc1nc2ccc(C)cn2c1N. The molecule has 2 aromatic heterocycles. The van der Waals surface area contributed by atoms with Crippen LogP contribution in [0.3, 0.4) is 0 Å². The van der Waals surface area contributed by atoms with Crippen LogP contribution in [0.1, 0.15) is 11.3 Å². The van der Waals surface area contributed by atoms with Crippen LogP contribution in [0.5, 0.6) is 0 Å². The molecule has 0 fully saturated rings. The fourth-order valence-electron chi connectivity index (χ4n) is 1.60. The average Bonchev–Trinajstić information content (AvgIpc) is 2.53. The Hall–Kier alpha value is -1.16. The lowest BCUT2D eigenvalue weighted by Crippen LogP contribution is -1.97. The van der Waals surface area contributed by atoms with E-state index in [4.69, 9.17) is 5.73 Å². The first-order chi connectivity index (χ1) is 7.22. The molecule has 15 heavy (non-hydrogen) atoms. The molecule has 0 spiro atoms. The number of rotatable bonds is 3. The Morgan fingerprint density at radius 1 is 1.47 bits per heavy atom. The zero-order valence-corrected chi connectivity index (χ0v) is 9.84. The van der Waals surface area contributed by atoms with Crippen LogP contribution < -0.4 is 5.73 Å². The van der Waals surface area contributed by atoms with Gasteiger partial charge in [-0.25, -0.2) is 4.98 Å². The Morgan fingerprint density at radius 2 is 2.27 bits per heavy atom. The molecule has 2 rings (SSSR count). The molecule has 80 valence electrons. The molecule has 2 heterocycles. The predicted octanol–water partition coefficient (Wildman–Crippen LogP) is 2.13. The fraction of sp³-hybridized carbons (Fsp3) is 0.364. The van der Waals surface area contributed by atoms with E-state index in [0.717, 1.165) is 29.3 Å². The highest BCUT2D eigenvalue weighted by Gasteiger charge is 2.07. The molecule has 3 nitrogen and oxygen atoms in total. The summed E-state index contributed by atoms with van der Waals surface area (Å²) in [7, 11) is 0. The maximum absolute atomic E-state index is 6.04. The lowest BCUT2D eigenvalue weighted by atomic mass is 10.3. The molecule has 2 aromatic rings. The van der Waals surface area contributed by atoms with Crippen molar-refractivity contribution in [3.05, 3.63) is 29.6 Å². The largest absolute Gasteiger partial charge is 0.383 e. The van der Waals surface area contributed by atoms with E-state index in [1.54, 1.807) is 0 Å². The van der Waals surface area contributed by atoms with E-state index in [2.05, 4.69) is 24.2 Å². The Balaban J connectivity index is 2.45. The quantitative estimate of drug-likeness (QED) is 0.863. The molecule has 0 bridgehead atoms. The van der Waals surface area contributed by atoms with Gasteiger partial charge >= 0.3 is 0 Å². The minimum atomic E-state index is 0.780. The van der Waals surface area contributed by atoms with Gasteiger partial charge in [-0.15, -0.1) is 0 Å². The first kappa shape index (κ1) is 10.4. The first-order valence-electron chi connectivity index (χ1n) is 4.94. The maximum atomic E-state index is 6.04. The van der Waals surface area contributed by atoms with Crippen molar-refractivity contribution in [3.63, 3.8) is 0 Å². The van der Waals surface area contributed by atoms with Crippen molar-refractivity contribution in [1.82, 2.24) is 9.38 Å². The molecular weight excluding hydrogens is 206 g/mol. The normalized spacial score (nSPS) is 11.1. The van der Waals surface area contributed by atoms with Crippen LogP contribution in [0.25, 0.3) is 5.65 Å². The lowest BCUT2D eigenvalue weighted by molar-refractivity contribution is 1.09. The number of aromatic nitrogens is 2. The molecule has 0 amide bonds. The third-order valence-corrected chi connectivity index (χ3v) is 3.03. The monoisotopic (exact) mass is 221 g/mol. The summed E-state index contributed by atoms with van der Waals surface area (Å²) >= 11 is 1.81. The molecule has 0 aliphatic heterocycles. The number of fused-ring (bicyclic) bond motifs is 1. The number of pyridine rings is 1. The minimum Gasteiger partial charge on any atom is -0.383 e. The average molecular weight is 221 g/mol. The molecule has 4 heteroatoms. The number of nitrogen functional groups attached to an aromatic ring is 1. The van der Waals surface area contributed by atoms with Crippen molar-refractivity contribution >= 4 is 23.2 Å². The molecule has 0 atom stereocenters. The standard InChI is InChI=1S/C11H15N3S/c1-8-3-4-10-13-9(5-6-15-2)11(12)14(10)7-8/h3-4,7H,5-6,12H2,1-2H3. The van der Waals surface area contributed by atoms with Crippen LogP contribution in [-0.2, 0) is 6.42 Å². The van der Waals surface area contributed by atoms with E-state index in [1.807, 2.05) is 28.4 Å². The van der Waals surface area contributed by atoms with Gasteiger partial charge in [-0.3, -0.25) is 4.40 Å². The molecule has 0 aliphatic carbocycles. The van der Waals surface area contributed by atoms with Gasteiger partial charge in [0.25, 0.3) is 0 Å². The van der Waals surface area contributed by atoms with Gasteiger partial charge in [-0.2, -0.15) is 11.8 Å². The second-order valence-electron chi connectivity index (χ2n) is 3.62. The van der Waals surface area contributed by atoms with Crippen LogP contribution in [-0.4, -0.2) is 21.4 Å². The predicted molar refractivity (Wildman–Crippen MR) is 66.4 cm³/mol. The van der Waals surface area contributed by atoms with Gasteiger partial charge in [-0.05, 0) is 30.6 Å². The summed E-state index contributed by atoms with van der Waals surface area (Å²) in [6.45, 7) is 2.06. The second kappa shape index (κ2) is 4.14. The molecule has 0 aliphatic rings. The Labute approximate surface area is 93.7 Å². The van der Waals surface area contributed by atoms with Crippen LogP contribution in [0, 0.1) is 6.92 Å². The van der Waals surface area contributed by atoms with Gasteiger partial charge in [0, 0.05) is 12.6 Å². The lowest BCUT2D eigenvalue weighted by Gasteiger charge is -1.98. The van der Waals surface area contributed by atoms with Crippen LogP contribution >= 0.6 is 11.8 Å². The smallest absolute Gasteiger partial charge is 0.138 e. The highest BCUT2D eigenvalue weighted by atomic mass is 32.2. The molecule has 2 N–H and O–H groups in total. The zero-order chi connectivity index (χ0) is 10.8. The van der Waals surface area contributed by atoms with Gasteiger partial charge in [0.05, 0.1) is 5.69 Å². The van der Waals surface area contributed by atoms with Crippen molar-refractivity contribution < 1.29 is 0 Å². The van der Waals surface area contributed by atoms with E-state index in [-0.39, 0.29) is 0 Å². The Kier molecular flexibility index (Phi) is 2.86. The van der Waals surface area contributed by atoms with E-state index >= 15 is 0 Å². The van der Waals surface area contributed by atoms with E-state index in [1.165, 1.54) is 5.56 Å². The van der Waals surface area contributed by atoms with Crippen LogP contribution in [0.4, 0.5) is 5.82 Å². The van der Waals surface area contributed by atoms with Gasteiger partial charge in [0.1, 0.15) is 11.5 Å². The molecule has 0 aromatic carbocycles. The van der Waals surface area contributed by atoms with Crippen molar-refractivity contribution in [2.75, 3.05) is 17.7 Å². The van der Waals surface area contributed by atoms with Crippen molar-refractivity contribution in [2.24, 2.45) is 0 Å². The van der Waals surface area contributed by atoms with E-state index in [9.17, 15) is 0 Å². The minimum absolute atomic E-state index is 0.780. The molecular formula is C11H15N3S. The topological polar surface area (TPSA) is 43.3 Å². The fourth-order valence-corrected chi connectivity index (χ4v) is 2.00. The maximum Gasteiger partial charge on any atom is 0.138 e. The van der Waals surface area contributed by atoms with E-state index < -0.39 is 0 Å². The highest BCUT2D eigenvalue weighted by Crippen LogP contribution is 2.17. The van der Waals surface area contributed by atoms with Crippen molar-refractivity contribution in [3.8, 4) is 0 Å². The number of aryl methyl sites for hydroxylation is 2.